The van der Waals surface area contributed by atoms with Crippen LogP contribution in [0.15, 0.2) is 0 Å². The lowest BCUT2D eigenvalue weighted by molar-refractivity contribution is -0.134. The molecular formula is C11H22N2O. The molecule has 1 rings (SSSR count). The number of carbonyl (C=O) groups is 1. The van der Waals surface area contributed by atoms with Gasteiger partial charge in [0.15, 0.2) is 0 Å². The molecule has 1 aliphatic heterocycles. The van der Waals surface area contributed by atoms with Crippen molar-refractivity contribution in [1.82, 2.24) is 10.2 Å². The first-order valence-electron chi connectivity index (χ1n) is 5.45. The molecule has 82 valence electrons. The normalized spacial score (nSPS) is 18.1. The van der Waals surface area contributed by atoms with Crippen molar-refractivity contribution in [3.63, 3.8) is 0 Å². The molecule has 1 fully saturated rings. The number of nitrogens with one attached hydrogen (secondary N) is 1. The average Bonchev–Trinajstić information content (AvgIpc) is 2.00. The van der Waals surface area contributed by atoms with E-state index in [9.17, 15) is 4.79 Å². The van der Waals surface area contributed by atoms with Gasteiger partial charge in [-0.25, -0.2) is 0 Å². The second-order valence-electron chi connectivity index (χ2n) is 4.91. The molecule has 0 atom stereocenters. The summed E-state index contributed by atoms with van der Waals surface area (Å²) < 4.78 is 0. The largest absolute Gasteiger partial charge is 0.342 e. The van der Waals surface area contributed by atoms with Crippen LogP contribution < -0.4 is 5.32 Å². The highest BCUT2D eigenvalue weighted by Gasteiger charge is 2.29. The van der Waals surface area contributed by atoms with Crippen LogP contribution in [0.25, 0.3) is 0 Å². The van der Waals surface area contributed by atoms with Gasteiger partial charge in [0, 0.05) is 38.0 Å². The number of hydrogen-bond acceptors (Lipinski definition) is 2. The van der Waals surface area contributed by atoms with Crippen LogP contribution in [0.4, 0.5) is 0 Å². The van der Waals surface area contributed by atoms with Gasteiger partial charge in [-0.1, -0.05) is 6.92 Å². The van der Waals surface area contributed by atoms with Crippen LogP contribution in [0.5, 0.6) is 0 Å². The Labute approximate surface area is 86.9 Å². The average molecular weight is 198 g/mol. The summed E-state index contributed by atoms with van der Waals surface area (Å²) >= 11 is 0. The Morgan fingerprint density at radius 3 is 2.50 bits per heavy atom. The van der Waals surface area contributed by atoms with Crippen molar-refractivity contribution < 1.29 is 4.79 Å². The molecule has 0 aromatic rings. The van der Waals surface area contributed by atoms with Gasteiger partial charge in [0.2, 0.25) is 5.91 Å². The third kappa shape index (κ3) is 2.98. The molecule has 0 aromatic carbocycles. The first-order chi connectivity index (χ1) is 6.44. The van der Waals surface area contributed by atoms with Crippen LogP contribution in [0, 0.1) is 5.92 Å². The zero-order valence-electron chi connectivity index (χ0n) is 9.76. The molecule has 0 unspecified atom stereocenters. The highest BCUT2D eigenvalue weighted by atomic mass is 16.2. The molecule has 0 aromatic heterocycles. The van der Waals surface area contributed by atoms with E-state index in [0.29, 0.717) is 5.92 Å². The van der Waals surface area contributed by atoms with Crippen molar-refractivity contribution in [2.45, 2.75) is 39.7 Å². The van der Waals surface area contributed by atoms with E-state index in [-0.39, 0.29) is 11.4 Å². The molecule has 1 N–H and O–H groups in total. The summed E-state index contributed by atoms with van der Waals surface area (Å²) in [5.41, 5.74) is 0.233. The number of rotatable bonds is 4. The molecule has 0 radical (unpaired) electrons. The number of hydrogen-bond donors (Lipinski definition) is 1. The van der Waals surface area contributed by atoms with Gasteiger partial charge in [-0.15, -0.1) is 0 Å². The Balaban J connectivity index is 2.15. The van der Waals surface area contributed by atoms with Gasteiger partial charge < -0.3 is 10.2 Å². The molecule has 1 saturated heterocycles. The fourth-order valence-electron chi connectivity index (χ4n) is 1.50. The Kier molecular flexibility index (Phi) is 3.53. The second kappa shape index (κ2) is 4.30. The van der Waals surface area contributed by atoms with Gasteiger partial charge in [0.1, 0.15) is 0 Å². The maximum atomic E-state index is 10.9. The fourth-order valence-corrected chi connectivity index (χ4v) is 1.50. The van der Waals surface area contributed by atoms with Gasteiger partial charge >= 0.3 is 0 Å². The Hall–Kier alpha value is -0.570. The topological polar surface area (TPSA) is 32.3 Å². The molecule has 0 bridgehead atoms. The zero-order valence-corrected chi connectivity index (χ0v) is 9.76. The first-order valence-corrected chi connectivity index (χ1v) is 5.45. The molecule has 0 spiro atoms. The number of nitrogens with zero attached hydrogens (tertiary/aromatic N) is 1. The Morgan fingerprint density at radius 1 is 1.50 bits per heavy atom. The van der Waals surface area contributed by atoms with E-state index in [4.69, 9.17) is 0 Å². The van der Waals surface area contributed by atoms with Crippen LogP contribution in [-0.2, 0) is 4.79 Å². The van der Waals surface area contributed by atoms with E-state index in [1.165, 1.54) is 0 Å². The van der Waals surface area contributed by atoms with Crippen molar-refractivity contribution in [3.8, 4) is 0 Å². The summed E-state index contributed by atoms with van der Waals surface area (Å²) in [6, 6.07) is 0. The van der Waals surface area contributed by atoms with Crippen LogP contribution in [0.1, 0.15) is 34.1 Å². The lowest BCUT2D eigenvalue weighted by Gasteiger charge is -2.40. The lowest BCUT2D eigenvalue weighted by Crippen LogP contribution is -2.54. The van der Waals surface area contributed by atoms with Crippen molar-refractivity contribution in [2.24, 2.45) is 5.92 Å². The standard InChI is InChI=1S/C11H22N2O/c1-5-11(3,4)12-6-10-7-13(8-10)9(2)14/h10,12H,5-8H2,1-4H3. The maximum Gasteiger partial charge on any atom is 0.219 e. The van der Waals surface area contributed by atoms with E-state index in [1.807, 2.05) is 4.90 Å². The molecule has 14 heavy (non-hydrogen) atoms. The molecule has 3 heteroatoms. The van der Waals surface area contributed by atoms with E-state index < -0.39 is 0 Å². The number of carbonyl (C=O) groups excluding carboxylic acids is 1. The van der Waals surface area contributed by atoms with Gasteiger partial charge in [0.05, 0.1) is 0 Å². The Morgan fingerprint density at radius 2 is 2.07 bits per heavy atom. The predicted octanol–water partition coefficient (Wildman–Crippen LogP) is 1.24. The number of likely N-dealkylation sites (tertiary alicyclic amines) is 1. The van der Waals surface area contributed by atoms with Crippen molar-refractivity contribution in [1.29, 1.82) is 0 Å². The van der Waals surface area contributed by atoms with Crippen LogP contribution in [-0.4, -0.2) is 36.0 Å². The van der Waals surface area contributed by atoms with E-state index in [0.717, 1.165) is 26.1 Å². The van der Waals surface area contributed by atoms with E-state index >= 15 is 0 Å². The van der Waals surface area contributed by atoms with Crippen LogP contribution in [0.2, 0.25) is 0 Å². The molecular weight excluding hydrogens is 176 g/mol. The number of amides is 1. The monoisotopic (exact) mass is 198 g/mol. The summed E-state index contributed by atoms with van der Waals surface area (Å²) in [6.07, 6.45) is 1.14. The lowest BCUT2D eigenvalue weighted by atomic mass is 9.96. The summed E-state index contributed by atoms with van der Waals surface area (Å²) in [7, 11) is 0. The van der Waals surface area contributed by atoms with E-state index in [1.54, 1.807) is 6.92 Å². The molecule has 1 amide bonds. The van der Waals surface area contributed by atoms with Crippen molar-refractivity contribution >= 4 is 5.91 Å². The summed E-state index contributed by atoms with van der Waals surface area (Å²) in [6.45, 7) is 11.2. The molecule has 3 nitrogen and oxygen atoms in total. The summed E-state index contributed by atoms with van der Waals surface area (Å²) in [5.74, 6) is 0.862. The summed E-state index contributed by atoms with van der Waals surface area (Å²) in [4.78, 5) is 12.8. The molecule has 0 saturated carbocycles. The molecule has 1 aliphatic rings. The maximum absolute atomic E-state index is 10.9. The minimum absolute atomic E-state index is 0.205. The SMILES string of the molecule is CCC(C)(C)NCC1CN(C(C)=O)C1. The minimum Gasteiger partial charge on any atom is -0.342 e. The third-order valence-electron chi connectivity index (χ3n) is 3.16. The minimum atomic E-state index is 0.205. The van der Waals surface area contributed by atoms with Gasteiger partial charge in [-0.05, 0) is 20.3 Å². The second-order valence-corrected chi connectivity index (χ2v) is 4.91. The van der Waals surface area contributed by atoms with Crippen molar-refractivity contribution in [3.05, 3.63) is 0 Å². The first kappa shape index (κ1) is 11.5. The van der Waals surface area contributed by atoms with E-state index in [2.05, 4.69) is 26.1 Å². The molecule has 1 heterocycles. The van der Waals surface area contributed by atoms with Gasteiger partial charge in [-0.2, -0.15) is 0 Å². The van der Waals surface area contributed by atoms with Crippen molar-refractivity contribution in [2.75, 3.05) is 19.6 Å². The van der Waals surface area contributed by atoms with Gasteiger partial charge in [-0.3, -0.25) is 4.79 Å². The smallest absolute Gasteiger partial charge is 0.219 e. The fraction of sp³-hybridized carbons (Fsp3) is 0.909. The predicted molar refractivity (Wildman–Crippen MR) is 58.1 cm³/mol. The zero-order chi connectivity index (χ0) is 10.8. The quantitative estimate of drug-likeness (QED) is 0.737. The highest BCUT2D eigenvalue weighted by Crippen LogP contribution is 2.16. The molecule has 0 aliphatic carbocycles. The van der Waals surface area contributed by atoms with Crippen LogP contribution in [0.3, 0.4) is 0 Å². The Bertz CT molecular complexity index is 207. The third-order valence-corrected chi connectivity index (χ3v) is 3.16. The van der Waals surface area contributed by atoms with Gasteiger partial charge in [0.25, 0.3) is 0 Å². The highest BCUT2D eigenvalue weighted by molar-refractivity contribution is 5.74. The van der Waals surface area contributed by atoms with Crippen LogP contribution >= 0.6 is 0 Å². The summed E-state index contributed by atoms with van der Waals surface area (Å²) in [5, 5.41) is 3.53.